The van der Waals surface area contributed by atoms with Crippen LogP contribution >= 0.6 is 12.4 Å². The van der Waals surface area contributed by atoms with Crippen molar-refractivity contribution in [3.05, 3.63) is 29.8 Å². The van der Waals surface area contributed by atoms with Crippen molar-refractivity contribution in [1.29, 1.82) is 0 Å². The van der Waals surface area contributed by atoms with Gasteiger partial charge in [0.2, 0.25) is 15.9 Å². The molecule has 0 bridgehead atoms. The number of nitrogens with zero attached hydrogens (tertiary/aromatic N) is 1. The summed E-state index contributed by atoms with van der Waals surface area (Å²) < 4.78 is 25.5. The van der Waals surface area contributed by atoms with E-state index in [0.29, 0.717) is 19.4 Å². The Kier molecular flexibility index (Phi) is 7.19. The zero-order valence-electron chi connectivity index (χ0n) is 13.3. The summed E-state index contributed by atoms with van der Waals surface area (Å²) in [4.78, 5) is 24.7. The highest BCUT2D eigenvalue weighted by molar-refractivity contribution is 7.89. The molecule has 1 heterocycles. The minimum Gasteiger partial charge on any atom is -0.481 e. The van der Waals surface area contributed by atoms with Gasteiger partial charge in [0.05, 0.1) is 10.8 Å². The molecule has 1 aliphatic heterocycles. The van der Waals surface area contributed by atoms with Crippen LogP contribution in [0.2, 0.25) is 0 Å². The molecule has 2 N–H and O–H groups in total. The van der Waals surface area contributed by atoms with Crippen LogP contribution in [0, 0.1) is 5.92 Å². The first-order chi connectivity index (χ1) is 10.8. The van der Waals surface area contributed by atoms with Crippen LogP contribution in [-0.2, 0) is 26.0 Å². The highest BCUT2D eigenvalue weighted by Crippen LogP contribution is 2.18. The Labute approximate surface area is 147 Å². The number of benzene rings is 1. The molecule has 1 unspecified atom stereocenters. The summed E-state index contributed by atoms with van der Waals surface area (Å²) >= 11 is 0. The minimum absolute atomic E-state index is 0. The maximum absolute atomic E-state index is 12.1. The number of carboxylic acid groups (broad SMARTS) is 1. The molecule has 1 aromatic rings. The fourth-order valence-corrected chi connectivity index (χ4v) is 3.28. The molecule has 0 aliphatic carbocycles. The second-order valence-electron chi connectivity index (χ2n) is 5.52. The van der Waals surface area contributed by atoms with E-state index in [9.17, 15) is 18.0 Å². The number of aryl methyl sites for hydroxylation is 1. The van der Waals surface area contributed by atoms with Crippen LogP contribution in [0.15, 0.2) is 29.2 Å². The summed E-state index contributed by atoms with van der Waals surface area (Å²) in [6.45, 7) is 0.753. The van der Waals surface area contributed by atoms with Gasteiger partial charge in [-0.15, -0.1) is 12.4 Å². The van der Waals surface area contributed by atoms with E-state index < -0.39 is 21.9 Å². The summed E-state index contributed by atoms with van der Waals surface area (Å²) in [7, 11) is -2.10. The van der Waals surface area contributed by atoms with Gasteiger partial charge in [0.1, 0.15) is 0 Å². The maximum atomic E-state index is 12.1. The number of rotatable bonds is 6. The van der Waals surface area contributed by atoms with Crippen LogP contribution in [0.5, 0.6) is 0 Å². The number of carbonyl (C=O) groups is 2. The van der Waals surface area contributed by atoms with Crippen molar-refractivity contribution in [2.45, 2.75) is 24.2 Å². The summed E-state index contributed by atoms with van der Waals surface area (Å²) in [5, 5.41) is 8.94. The lowest BCUT2D eigenvalue weighted by molar-refractivity contribution is -0.141. The standard InChI is InChI=1S/C15H20N2O5S.ClH/c1-16-23(21,22)13-5-2-11(3-6-13)4-7-14(18)17-9-8-12(10-17)15(19)20;/h2-3,5-6,12,16H,4,7-10H2,1H3,(H,19,20);1H. The van der Waals surface area contributed by atoms with Crippen molar-refractivity contribution in [3.63, 3.8) is 0 Å². The van der Waals surface area contributed by atoms with Gasteiger partial charge in [0.25, 0.3) is 0 Å². The molecule has 7 nitrogen and oxygen atoms in total. The van der Waals surface area contributed by atoms with Crippen molar-refractivity contribution >= 4 is 34.3 Å². The zero-order chi connectivity index (χ0) is 17.0. The average molecular weight is 377 g/mol. The molecule has 1 fully saturated rings. The van der Waals surface area contributed by atoms with E-state index >= 15 is 0 Å². The number of likely N-dealkylation sites (tertiary alicyclic amines) is 1. The molecule has 0 aromatic heterocycles. The van der Waals surface area contributed by atoms with Gasteiger partial charge in [-0.3, -0.25) is 9.59 Å². The van der Waals surface area contributed by atoms with Crippen LogP contribution in [0.1, 0.15) is 18.4 Å². The molecule has 1 aliphatic rings. The number of halogens is 1. The summed E-state index contributed by atoms with van der Waals surface area (Å²) in [5.41, 5.74) is 0.863. The molecule has 0 saturated carbocycles. The van der Waals surface area contributed by atoms with Crippen molar-refractivity contribution < 1.29 is 23.1 Å². The zero-order valence-corrected chi connectivity index (χ0v) is 14.9. The summed E-state index contributed by atoms with van der Waals surface area (Å²) in [6.07, 6.45) is 1.27. The van der Waals surface area contributed by atoms with Gasteiger partial charge in [-0.05, 0) is 37.6 Å². The smallest absolute Gasteiger partial charge is 0.308 e. The molecule has 2 rings (SSSR count). The number of aliphatic carboxylic acids is 1. The van der Waals surface area contributed by atoms with Gasteiger partial charge in [-0.2, -0.15) is 0 Å². The van der Waals surface area contributed by atoms with Crippen LogP contribution in [0.4, 0.5) is 0 Å². The van der Waals surface area contributed by atoms with E-state index in [1.54, 1.807) is 17.0 Å². The lowest BCUT2D eigenvalue weighted by Crippen LogP contribution is -2.30. The Morgan fingerprint density at radius 2 is 1.92 bits per heavy atom. The lowest BCUT2D eigenvalue weighted by Gasteiger charge is -2.15. The molecule has 1 aromatic carbocycles. The number of amides is 1. The number of hydrogen-bond acceptors (Lipinski definition) is 4. The number of carboxylic acids is 1. The van der Waals surface area contributed by atoms with Gasteiger partial charge in [0.15, 0.2) is 0 Å². The first kappa shape index (κ1) is 20.4. The molecule has 24 heavy (non-hydrogen) atoms. The SMILES string of the molecule is CNS(=O)(=O)c1ccc(CCC(=O)N2CCC(C(=O)O)C2)cc1.Cl. The molecule has 1 amide bonds. The van der Waals surface area contributed by atoms with Crippen molar-refractivity contribution in [2.24, 2.45) is 5.92 Å². The van der Waals surface area contributed by atoms with E-state index in [1.807, 2.05) is 0 Å². The van der Waals surface area contributed by atoms with Crippen LogP contribution in [0.25, 0.3) is 0 Å². The van der Waals surface area contributed by atoms with Gasteiger partial charge < -0.3 is 10.0 Å². The summed E-state index contributed by atoms with van der Waals surface area (Å²) in [6, 6.07) is 6.37. The Hall–Kier alpha value is -1.64. The van der Waals surface area contributed by atoms with Gasteiger partial charge in [-0.1, -0.05) is 12.1 Å². The fourth-order valence-electron chi connectivity index (χ4n) is 2.55. The van der Waals surface area contributed by atoms with E-state index in [2.05, 4.69) is 4.72 Å². The largest absolute Gasteiger partial charge is 0.481 e. The molecule has 0 spiro atoms. The maximum Gasteiger partial charge on any atom is 0.308 e. The molecule has 0 radical (unpaired) electrons. The Morgan fingerprint density at radius 3 is 2.42 bits per heavy atom. The highest BCUT2D eigenvalue weighted by Gasteiger charge is 2.30. The van der Waals surface area contributed by atoms with E-state index in [-0.39, 0.29) is 36.2 Å². The third kappa shape index (κ3) is 4.93. The van der Waals surface area contributed by atoms with Crippen LogP contribution in [-0.4, -0.2) is 50.4 Å². The molecule has 1 atom stereocenters. The summed E-state index contributed by atoms with van der Waals surface area (Å²) in [5.74, 6) is -1.40. The quantitative estimate of drug-likeness (QED) is 0.767. The minimum atomic E-state index is -3.45. The fraction of sp³-hybridized carbons (Fsp3) is 0.467. The third-order valence-corrected chi connectivity index (χ3v) is 5.45. The topological polar surface area (TPSA) is 104 Å². The van der Waals surface area contributed by atoms with Crippen molar-refractivity contribution in [3.8, 4) is 0 Å². The monoisotopic (exact) mass is 376 g/mol. The van der Waals surface area contributed by atoms with Crippen LogP contribution < -0.4 is 4.72 Å². The number of carbonyl (C=O) groups excluding carboxylic acids is 1. The van der Waals surface area contributed by atoms with Crippen molar-refractivity contribution in [1.82, 2.24) is 9.62 Å². The predicted octanol–water partition coefficient (Wildman–Crippen LogP) is 0.882. The molecular formula is C15H21ClN2O5S. The second kappa shape index (κ2) is 8.46. The molecule has 134 valence electrons. The number of nitrogens with one attached hydrogen (secondary N) is 1. The van der Waals surface area contributed by atoms with Gasteiger partial charge >= 0.3 is 5.97 Å². The predicted molar refractivity (Wildman–Crippen MR) is 90.6 cm³/mol. The molecular weight excluding hydrogens is 356 g/mol. The average Bonchev–Trinajstić information content (AvgIpc) is 3.03. The first-order valence-corrected chi connectivity index (χ1v) is 8.85. The van der Waals surface area contributed by atoms with Gasteiger partial charge in [0, 0.05) is 19.5 Å². The van der Waals surface area contributed by atoms with Gasteiger partial charge in [-0.25, -0.2) is 13.1 Å². The Morgan fingerprint density at radius 1 is 1.29 bits per heavy atom. The van der Waals surface area contributed by atoms with Crippen LogP contribution in [0.3, 0.4) is 0 Å². The lowest BCUT2D eigenvalue weighted by atomic mass is 10.1. The number of hydrogen-bond donors (Lipinski definition) is 2. The second-order valence-corrected chi connectivity index (χ2v) is 7.40. The highest BCUT2D eigenvalue weighted by atomic mass is 35.5. The van der Waals surface area contributed by atoms with Crippen molar-refractivity contribution in [2.75, 3.05) is 20.1 Å². The molecule has 9 heteroatoms. The Balaban J connectivity index is 0.00000288. The molecule has 1 saturated heterocycles. The number of sulfonamides is 1. The third-order valence-electron chi connectivity index (χ3n) is 4.02. The van der Waals surface area contributed by atoms with E-state index in [1.165, 1.54) is 19.2 Å². The first-order valence-electron chi connectivity index (χ1n) is 7.36. The Bertz CT molecular complexity index is 690. The normalized spacial score (nSPS) is 17.4. The van der Waals surface area contributed by atoms with E-state index in [4.69, 9.17) is 5.11 Å². The van der Waals surface area contributed by atoms with E-state index in [0.717, 1.165) is 5.56 Å².